The average molecular weight is 312 g/mol. The minimum Gasteiger partial charge on any atom is -0.441 e. The highest BCUT2D eigenvalue weighted by molar-refractivity contribution is 5.87. The molecule has 23 heavy (non-hydrogen) atoms. The van der Waals surface area contributed by atoms with E-state index in [1.807, 2.05) is 23.7 Å². The van der Waals surface area contributed by atoms with Crippen molar-refractivity contribution in [3.05, 3.63) is 59.9 Å². The lowest BCUT2D eigenvalue weighted by molar-refractivity contribution is 0.436. The Morgan fingerprint density at radius 3 is 2.52 bits per heavy atom. The van der Waals surface area contributed by atoms with Crippen LogP contribution in [-0.4, -0.2) is 10.6 Å². The zero-order chi connectivity index (χ0) is 16.4. The van der Waals surface area contributed by atoms with E-state index in [0.717, 1.165) is 35.2 Å². The number of fused-ring (bicyclic) bond motifs is 1. The fourth-order valence-corrected chi connectivity index (χ4v) is 2.80. The first-order valence-corrected chi connectivity index (χ1v) is 7.85. The van der Waals surface area contributed by atoms with Crippen molar-refractivity contribution >= 4 is 10.9 Å². The minimum atomic E-state index is -0.275. The molecule has 0 aliphatic rings. The monoisotopic (exact) mass is 312 g/mol. The number of ether oxygens (including phenoxy) is 1. The Hall–Kier alpha value is -2.33. The maximum atomic E-state index is 13.1. The van der Waals surface area contributed by atoms with E-state index in [9.17, 15) is 4.39 Å². The summed E-state index contributed by atoms with van der Waals surface area (Å²) in [4.78, 5) is 0. The molecule has 1 unspecified atom stereocenters. The van der Waals surface area contributed by atoms with Crippen LogP contribution in [0.5, 0.6) is 11.6 Å². The van der Waals surface area contributed by atoms with Crippen LogP contribution in [0.15, 0.2) is 48.5 Å². The number of halogens is 1. The van der Waals surface area contributed by atoms with Gasteiger partial charge in [-0.25, -0.2) is 4.39 Å². The molecule has 0 saturated heterocycles. The zero-order valence-corrected chi connectivity index (χ0v) is 13.4. The molecule has 0 aliphatic heterocycles. The molecule has 0 aliphatic carbocycles. The van der Waals surface area contributed by atoms with Crippen LogP contribution in [0, 0.1) is 5.82 Å². The van der Waals surface area contributed by atoms with Gasteiger partial charge in [0.2, 0.25) is 5.88 Å². The van der Waals surface area contributed by atoms with Gasteiger partial charge in [0.25, 0.3) is 0 Å². The third-order valence-electron chi connectivity index (χ3n) is 4.17. The Bertz CT molecular complexity index is 808. The average Bonchev–Trinajstić information content (AvgIpc) is 2.83. The van der Waals surface area contributed by atoms with Gasteiger partial charge in [-0.2, -0.15) is 0 Å². The number of benzene rings is 2. The van der Waals surface area contributed by atoms with Gasteiger partial charge in [-0.3, -0.25) is 0 Å². The first-order chi connectivity index (χ1) is 11.1. The summed E-state index contributed by atoms with van der Waals surface area (Å²) < 4.78 is 21.2. The number of nitrogens with zero attached hydrogens (tertiary/aromatic N) is 1. The first-order valence-electron chi connectivity index (χ1n) is 7.85. The summed E-state index contributed by atoms with van der Waals surface area (Å²) in [5.41, 5.74) is 8.37. The highest BCUT2D eigenvalue weighted by atomic mass is 19.1. The van der Waals surface area contributed by atoms with Gasteiger partial charge < -0.3 is 15.0 Å². The fourth-order valence-electron chi connectivity index (χ4n) is 2.80. The maximum Gasteiger partial charge on any atom is 0.204 e. The summed E-state index contributed by atoms with van der Waals surface area (Å²) in [7, 11) is 1.97. The molecule has 0 radical (unpaired) electrons. The van der Waals surface area contributed by atoms with Gasteiger partial charge in [0.05, 0.1) is 5.52 Å². The molecule has 120 valence electrons. The molecule has 0 amide bonds. The van der Waals surface area contributed by atoms with Crippen molar-refractivity contribution in [3.63, 3.8) is 0 Å². The molecule has 2 aromatic carbocycles. The summed E-state index contributed by atoms with van der Waals surface area (Å²) >= 11 is 0. The van der Waals surface area contributed by atoms with Crippen molar-refractivity contribution in [2.24, 2.45) is 12.8 Å². The molecule has 0 saturated carbocycles. The van der Waals surface area contributed by atoms with Crippen molar-refractivity contribution in [3.8, 4) is 11.6 Å². The number of para-hydroxylation sites is 1. The Kier molecular flexibility index (Phi) is 4.35. The topological polar surface area (TPSA) is 40.2 Å². The number of aryl methyl sites for hydroxylation is 1. The van der Waals surface area contributed by atoms with Crippen molar-refractivity contribution in [2.45, 2.75) is 25.8 Å². The zero-order valence-electron chi connectivity index (χ0n) is 13.4. The summed E-state index contributed by atoms with van der Waals surface area (Å²) in [5.74, 6) is 1.10. The number of nitrogens with two attached hydrogens (primary N) is 1. The molecule has 3 nitrogen and oxygen atoms in total. The van der Waals surface area contributed by atoms with Gasteiger partial charge >= 0.3 is 0 Å². The Morgan fingerprint density at radius 1 is 1.13 bits per heavy atom. The number of hydrogen-bond donors (Lipinski definition) is 1. The van der Waals surface area contributed by atoms with E-state index in [-0.39, 0.29) is 11.9 Å². The van der Waals surface area contributed by atoms with Crippen molar-refractivity contribution in [1.82, 2.24) is 4.57 Å². The van der Waals surface area contributed by atoms with Gasteiger partial charge in [-0.05, 0) is 43.2 Å². The lowest BCUT2D eigenvalue weighted by atomic mass is 10.0. The van der Waals surface area contributed by atoms with Gasteiger partial charge in [0, 0.05) is 24.0 Å². The SMILES string of the molecule is CCC(N)Cc1c(Oc2ccc(F)cc2)n(C)c2ccccc12. The Morgan fingerprint density at radius 2 is 1.83 bits per heavy atom. The van der Waals surface area contributed by atoms with Crippen molar-refractivity contribution < 1.29 is 9.13 Å². The van der Waals surface area contributed by atoms with Crippen LogP contribution < -0.4 is 10.5 Å². The number of hydrogen-bond acceptors (Lipinski definition) is 2. The predicted molar refractivity (Wildman–Crippen MR) is 91.4 cm³/mol. The summed E-state index contributed by atoms with van der Waals surface area (Å²) in [5, 5.41) is 1.15. The highest BCUT2D eigenvalue weighted by Gasteiger charge is 2.18. The van der Waals surface area contributed by atoms with Gasteiger partial charge in [0.15, 0.2) is 0 Å². The Labute approximate surface area is 135 Å². The fraction of sp³-hybridized carbons (Fsp3) is 0.263. The van der Waals surface area contributed by atoms with Crippen LogP contribution in [-0.2, 0) is 13.5 Å². The predicted octanol–water partition coefficient (Wildman–Crippen LogP) is 4.39. The number of aromatic nitrogens is 1. The van der Waals surface area contributed by atoms with E-state index in [0.29, 0.717) is 5.75 Å². The lowest BCUT2D eigenvalue weighted by Crippen LogP contribution is -2.21. The van der Waals surface area contributed by atoms with Crippen LogP contribution >= 0.6 is 0 Å². The van der Waals surface area contributed by atoms with E-state index in [2.05, 4.69) is 19.1 Å². The smallest absolute Gasteiger partial charge is 0.204 e. The normalized spacial score (nSPS) is 12.5. The maximum absolute atomic E-state index is 13.1. The molecule has 3 aromatic rings. The molecular formula is C19H21FN2O. The third kappa shape index (κ3) is 3.08. The molecule has 1 heterocycles. The molecule has 1 aromatic heterocycles. The minimum absolute atomic E-state index is 0.0800. The molecule has 0 spiro atoms. The van der Waals surface area contributed by atoms with Crippen LogP contribution in [0.2, 0.25) is 0 Å². The van der Waals surface area contributed by atoms with E-state index in [4.69, 9.17) is 10.5 Å². The van der Waals surface area contributed by atoms with E-state index in [1.54, 1.807) is 12.1 Å². The first kappa shape index (κ1) is 15.6. The second-order valence-electron chi connectivity index (χ2n) is 5.79. The second-order valence-corrected chi connectivity index (χ2v) is 5.79. The van der Waals surface area contributed by atoms with Crippen molar-refractivity contribution in [2.75, 3.05) is 0 Å². The van der Waals surface area contributed by atoms with Gasteiger partial charge in [-0.1, -0.05) is 25.1 Å². The third-order valence-corrected chi connectivity index (χ3v) is 4.17. The van der Waals surface area contributed by atoms with Crippen molar-refractivity contribution in [1.29, 1.82) is 0 Å². The van der Waals surface area contributed by atoms with Crippen LogP contribution in [0.1, 0.15) is 18.9 Å². The Balaban J connectivity index is 2.08. The highest BCUT2D eigenvalue weighted by Crippen LogP contribution is 2.35. The molecule has 3 rings (SSSR count). The molecule has 0 bridgehead atoms. The van der Waals surface area contributed by atoms with Crippen LogP contribution in [0.25, 0.3) is 10.9 Å². The van der Waals surface area contributed by atoms with E-state index in [1.165, 1.54) is 12.1 Å². The summed E-state index contributed by atoms with van der Waals surface area (Å²) in [6, 6.07) is 14.3. The van der Waals surface area contributed by atoms with Gasteiger partial charge in [-0.15, -0.1) is 0 Å². The van der Waals surface area contributed by atoms with E-state index < -0.39 is 0 Å². The quantitative estimate of drug-likeness (QED) is 0.759. The van der Waals surface area contributed by atoms with E-state index >= 15 is 0 Å². The second kappa shape index (κ2) is 6.42. The molecule has 2 N–H and O–H groups in total. The molecule has 4 heteroatoms. The van der Waals surface area contributed by atoms with Gasteiger partial charge in [0.1, 0.15) is 11.6 Å². The molecule has 1 atom stereocenters. The summed E-state index contributed by atoms with van der Waals surface area (Å²) in [6.45, 7) is 2.08. The van der Waals surface area contributed by atoms with Crippen LogP contribution in [0.3, 0.4) is 0 Å². The molecule has 0 fully saturated rings. The standard InChI is InChI=1S/C19H21FN2O/c1-3-14(21)12-17-16-6-4-5-7-18(16)22(2)19(17)23-15-10-8-13(20)9-11-15/h4-11,14H,3,12,21H2,1-2H3. The lowest BCUT2D eigenvalue weighted by Gasteiger charge is -2.12. The summed E-state index contributed by atoms with van der Waals surface area (Å²) in [6.07, 6.45) is 1.65. The van der Waals surface area contributed by atoms with Crippen LogP contribution in [0.4, 0.5) is 4.39 Å². The number of rotatable bonds is 5. The largest absolute Gasteiger partial charge is 0.441 e. The molecular weight excluding hydrogens is 291 g/mol.